The molecule has 0 bridgehead atoms. The van der Waals surface area contributed by atoms with E-state index in [0.717, 1.165) is 12.1 Å². The summed E-state index contributed by atoms with van der Waals surface area (Å²) in [4.78, 5) is -0.0666. The first-order valence-electron chi connectivity index (χ1n) is 6.12. The number of rotatable bonds is 2. The van der Waals surface area contributed by atoms with E-state index in [1.165, 1.54) is 12.1 Å². The molecule has 0 atom stereocenters. The van der Waals surface area contributed by atoms with Crippen LogP contribution in [-0.2, 0) is 10.1 Å². The smallest absolute Gasteiger partial charge is 0.294 e. The van der Waals surface area contributed by atoms with Gasteiger partial charge in [-0.15, -0.1) is 0 Å². The lowest BCUT2D eigenvalue weighted by atomic mass is 10.2. The minimum atomic E-state index is -4.02. The highest BCUT2D eigenvalue weighted by Crippen LogP contribution is 2.08. The van der Waals surface area contributed by atoms with Crippen LogP contribution in [0.2, 0.25) is 0 Å². The van der Waals surface area contributed by atoms with Crippen LogP contribution in [0.25, 0.3) is 0 Å². The number of nitrogens with zero attached hydrogens (tertiary/aromatic N) is 2. The fraction of sp³-hybridized carbons (Fsp3) is 0.286. The lowest BCUT2D eigenvalue weighted by Crippen LogP contribution is -2.32. The van der Waals surface area contributed by atoms with E-state index in [2.05, 4.69) is 28.4 Å². The van der Waals surface area contributed by atoms with Gasteiger partial charge in [-0.3, -0.25) is 4.55 Å². The van der Waals surface area contributed by atoms with Crippen LogP contribution in [0.5, 0.6) is 0 Å². The predicted octanol–water partition coefficient (Wildman–Crippen LogP) is 2.09. The minimum Gasteiger partial charge on any atom is -0.310 e. The van der Waals surface area contributed by atoms with Gasteiger partial charge in [0.2, 0.25) is 0 Å². The molecule has 6 heteroatoms. The zero-order valence-corrected chi connectivity index (χ0v) is 12.7. The third-order valence-corrected chi connectivity index (χ3v) is 3.50. The van der Waals surface area contributed by atoms with E-state index in [4.69, 9.17) is 4.55 Å². The topological polar surface area (TPSA) is 60.9 Å². The Labute approximate surface area is 120 Å². The molecule has 110 valence electrons. The molecule has 1 aromatic rings. The van der Waals surface area contributed by atoms with Crippen molar-refractivity contribution in [3.63, 3.8) is 0 Å². The number of benzene rings is 1. The van der Waals surface area contributed by atoms with Crippen molar-refractivity contribution in [3.05, 3.63) is 54.3 Å². The Morgan fingerprint density at radius 2 is 1.75 bits per heavy atom. The standard InChI is InChI=1S/C7H12N2.C7H8O3S/c1-8(2)9-6-4-3-5-7-9;1-6-2-4-7(5-3-6)11(8,9)10/h3-6H,7H2,1-2H3;2-5H,1H3,(H,8,9,10). The molecule has 5 nitrogen and oxygen atoms in total. The molecule has 0 saturated carbocycles. The number of aryl methyl sites for hydroxylation is 1. The summed E-state index contributed by atoms with van der Waals surface area (Å²) in [6.07, 6.45) is 8.27. The van der Waals surface area contributed by atoms with Crippen LogP contribution in [0.15, 0.2) is 53.6 Å². The summed E-state index contributed by atoms with van der Waals surface area (Å²) < 4.78 is 29.6. The van der Waals surface area contributed by atoms with Gasteiger partial charge in [-0.25, -0.2) is 5.01 Å². The first kappa shape index (κ1) is 16.4. The SMILES string of the molecule is CN(C)N1C=CC=CC1.Cc1ccc(S(=O)(=O)O)cc1. The molecule has 0 aromatic heterocycles. The van der Waals surface area contributed by atoms with E-state index in [0.29, 0.717) is 0 Å². The van der Waals surface area contributed by atoms with Crippen LogP contribution in [0, 0.1) is 6.92 Å². The molecule has 2 rings (SSSR count). The maximum absolute atomic E-state index is 10.5. The van der Waals surface area contributed by atoms with Crippen LogP contribution < -0.4 is 0 Å². The number of allylic oxidation sites excluding steroid dienone is 2. The molecule has 0 radical (unpaired) electrons. The fourth-order valence-electron chi connectivity index (χ4n) is 1.46. The van der Waals surface area contributed by atoms with Gasteiger partial charge in [-0.05, 0) is 25.1 Å². The average Bonchev–Trinajstić information content (AvgIpc) is 2.40. The Bertz CT molecular complexity index is 575. The van der Waals surface area contributed by atoms with Gasteiger partial charge in [0.15, 0.2) is 0 Å². The van der Waals surface area contributed by atoms with Gasteiger partial charge in [-0.1, -0.05) is 29.8 Å². The molecule has 1 heterocycles. The number of hydrazine groups is 1. The van der Waals surface area contributed by atoms with Crippen molar-refractivity contribution < 1.29 is 13.0 Å². The minimum absolute atomic E-state index is 0.0666. The average molecular weight is 296 g/mol. The zero-order chi connectivity index (χ0) is 15.2. The zero-order valence-electron chi connectivity index (χ0n) is 11.9. The van der Waals surface area contributed by atoms with Crippen molar-refractivity contribution in [2.75, 3.05) is 20.6 Å². The van der Waals surface area contributed by atoms with Crippen LogP contribution >= 0.6 is 0 Å². The summed E-state index contributed by atoms with van der Waals surface area (Å²) in [6.45, 7) is 2.83. The van der Waals surface area contributed by atoms with E-state index in [9.17, 15) is 8.42 Å². The Hall–Kier alpha value is -1.63. The molecule has 0 fully saturated rings. The molecule has 0 saturated heterocycles. The third kappa shape index (κ3) is 5.56. The molecular weight excluding hydrogens is 276 g/mol. The first-order chi connectivity index (χ1) is 9.30. The normalized spacial score (nSPS) is 14.2. The van der Waals surface area contributed by atoms with Crippen molar-refractivity contribution in [1.82, 2.24) is 10.0 Å². The maximum Gasteiger partial charge on any atom is 0.294 e. The van der Waals surface area contributed by atoms with E-state index in [1.54, 1.807) is 12.1 Å². The molecule has 1 aliphatic heterocycles. The lowest BCUT2D eigenvalue weighted by Gasteiger charge is -2.27. The van der Waals surface area contributed by atoms with Gasteiger partial charge in [0.05, 0.1) is 11.4 Å². The summed E-state index contributed by atoms with van der Waals surface area (Å²) in [6, 6.07) is 5.99. The second-order valence-electron chi connectivity index (χ2n) is 4.53. The van der Waals surface area contributed by atoms with Crippen molar-refractivity contribution in [2.24, 2.45) is 0 Å². The van der Waals surface area contributed by atoms with E-state index < -0.39 is 10.1 Å². The predicted molar refractivity (Wildman–Crippen MR) is 79.7 cm³/mol. The molecule has 0 amide bonds. The Balaban J connectivity index is 0.000000204. The van der Waals surface area contributed by atoms with Crippen molar-refractivity contribution in [3.8, 4) is 0 Å². The Morgan fingerprint density at radius 3 is 2.10 bits per heavy atom. The largest absolute Gasteiger partial charge is 0.310 e. The maximum atomic E-state index is 10.5. The third-order valence-electron chi connectivity index (χ3n) is 2.63. The number of hydrogen-bond acceptors (Lipinski definition) is 4. The highest BCUT2D eigenvalue weighted by atomic mass is 32.2. The van der Waals surface area contributed by atoms with E-state index >= 15 is 0 Å². The van der Waals surface area contributed by atoms with Crippen LogP contribution in [-0.4, -0.2) is 43.6 Å². The molecule has 1 aliphatic rings. The van der Waals surface area contributed by atoms with E-state index in [-0.39, 0.29) is 4.90 Å². The van der Waals surface area contributed by atoms with Crippen LogP contribution in [0.4, 0.5) is 0 Å². The van der Waals surface area contributed by atoms with Gasteiger partial charge >= 0.3 is 0 Å². The van der Waals surface area contributed by atoms with Crippen LogP contribution in [0.3, 0.4) is 0 Å². The molecule has 0 aliphatic carbocycles. The molecule has 0 spiro atoms. The molecular formula is C14H20N2O3S. The van der Waals surface area contributed by atoms with Crippen molar-refractivity contribution in [1.29, 1.82) is 0 Å². The first-order valence-corrected chi connectivity index (χ1v) is 7.56. The number of hydrogen-bond donors (Lipinski definition) is 1. The van der Waals surface area contributed by atoms with Gasteiger partial charge in [-0.2, -0.15) is 8.42 Å². The monoisotopic (exact) mass is 296 g/mol. The van der Waals surface area contributed by atoms with E-state index in [1.807, 2.05) is 27.1 Å². The second kappa shape index (κ2) is 7.23. The summed E-state index contributed by atoms with van der Waals surface area (Å²) >= 11 is 0. The van der Waals surface area contributed by atoms with Gasteiger partial charge in [0.25, 0.3) is 10.1 Å². The lowest BCUT2D eigenvalue weighted by molar-refractivity contribution is 0.0958. The highest BCUT2D eigenvalue weighted by molar-refractivity contribution is 7.85. The quantitative estimate of drug-likeness (QED) is 0.847. The second-order valence-corrected chi connectivity index (χ2v) is 5.95. The molecule has 1 N–H and O–H groups in total. The Kier molecular flexibility index (Phi) is 5.94. The summed E-state index contributed by atoms with van der Waals surface area (Å²) in [5, 5.41) is 4.18. The highest BCUT2D eigenvalue weighted by Gasteiger charge is 2.06. The fourth-order valence-corrected chi connectivity index (χ4v) is 1.94. The summed E-state index contributed by atoms with van der Waals surface area (Å²) in [5.41, 5.74) is 0.956. The Morgan fingerprint density at radius 1 is 1.15 bits per heavy atom. The molecule has 20 heavy (non-hydrogen) atoms. The summed E-state index contributed by atoms with van der Waals surface area (Å²) in [7, 11) is 0.0429. The molecule has 0 unspecified atom stereocenters. The van der Waals surface area contributed by atoms with Crippen LogP contribution in [0.1, 0.15) is 5.56 Å². The van der Waals surface area contributed by atoms with Crippen molar-refractivity contribution >= 4 is 10.1 Å². The van der Waals surface area contributed by atoms with Crippen molar-refractivity contribution in [2.45, 2.75) is 11.8 Å². The molecule has 1 aromatic carbocycles. The summed E-state index contributed by atoms with van der Waals surface area (Å²) in [5.74, 6) is 0. The van der Waals surface area contributed by atoms with Gasteiger partial charge in [0.1, 0.15) is 0 Å². The van der Waals surface area contributed by atoms with Gasteiger partial charge in [0, 0.05) is 20.3 Å². The van der Waals surface area contributed by atoms with Gasteiger partial charge < -0.3 is 5.01 Å².